The predicted molar refractivity (Wildman–Crippen MR) is 88.2 cm³/mol. The number of nitrogens with one attached hydrogen (secondary N) is 1. The Balaban J connectivity index is 1.95. The molecule has 0 saturated heterocycles. The molecule has 6 heteroatoms. The van der Waals surface area contributed by atoms with E-state index in [1.165, 1.54) is 12.1 Å². The first-order chi connectivity index (χ1) is 10.6. The summed E-state index contributed by atoms with van der Waals surface area (Å²) in [4.78, 5) is 4.23. The molecule has 0 bridgehead atoms. The molecule has 2 aromatic rings. The van der Waals surface area contributed by atoms with Crippen molar-refractivity contribution in [2.75, 3.05) is 19.0 Å². The van der Waals surface area contributed by atoms with Gasteiger partial charge in [0.1, 0.15) is 11.6 Å². The van der Waals surface area contributed by atoms with Crippen molar-refractivity contribution in [3.8, 4) is 5.75 Å². The van der Waals surface area contributed by atoms with Crippen molar-refractivity contribution < 1.29 is 9.13 Å². The fourth-order valence-electron chi connectivity index (χ4n) is 1.95. The first-order valence-electron chi connectivity index (χ1n) is 6.74. The molecule has 2 rings (SSSR count). The van der Waals surface area contributed by atoms with Crippen molar-refractivity contribution in [2.24, 2.45) is 10.7 Å². The summed E-state index contributed by atoms with van der Waals surface area (Å²) in [5.41, 5.74) is 7.42. The van der Waals surface area contributed by atoms with Crippen LogP contribution in [0.3, 0.4) is 0 Å². The largest absolute Gasteiger partial charge is 0.495 e. The maximum absolute atomic E-state index is 13.0. The van der Waals surface area contributed by atoms with E-state index >= 15 is 0 Å². The number of methoxy groups -OCH3 is 1. The molecule has 0 atom stereocenters. The topological polar surface area (TPSA) is 59.6 Å². The minimum absolute atomic E-state index is 0.280. The summed E-state index contributed by atoms with van der Waals surface area (Å²) in [6, 6.07) is 11.7. The van der Waals surface area contributed by atoms with Crippen LogP contribution in [0.5, 0.6) is 5.75 Å². The van der Waals surface area contributed by atoms with Gasteiger partial charge in [-0.05, 0) is 36.2 Å². The molecule has 0 aliphatic carbocycles. The van der Waals surface area contributed by atoms with E-state index < -0.39 is 0 Å². The van der Waals surface area contributed by atoms with Crippen molar-refractivity contribution in [1.82, 2.24) is 0 Å². The molecule has 3 N–H and O–H groups in total. The summed E-state index contributed by atoms with van der Waals surface area (Å²) >= 11 is 5.96. The number of nitrogens with two attached hydrogens (primary N) is 1. The summed E-state index contributed by atoms with van der Waals surface area (Å²) < 4.78 is 18.2. The molecule has 0 spiro atoms. The zero-order chi connectivity index (χ0) is 15.9. The van der Waals surface area contributed by atoms with Crippen molar-refractivity contribution in [1.29, 1.82) is 0 Å². The zero-order valence-corrected chi connectivity index (χ0v) is 12.9. The molecule has 0 radical (unpaired) electrons. The highest BCUT2D eigenvalue weighted by molar-refractivity contribution is 6.31. The van der Waals surface area contributed by atoms with Gasteiger partial charge >= 0.3 is 0 Å². The van der Waals surface area contributed by atoms with Crippen molar-refractivity contribution in [3.63, 3.8) is 0 Å². The molecule has 0 saturated carbocycles. The molecular weight excluding hydrogens is 305 g/mol. The number of anilines is 1. The molecule has 0 heterocycles. The normalized spacial score (nSPS) is 11.3. The van der Waals surface area contributed by atoms with Crippen LogP contribution < -0.4 is 15.8 Å². The highest BCUT2D eigenvalue weighted by Crippen LogP contribution is 2.22. The van der Waals surface area contributed by atoms with Crippen LogP contribution in [-0.4, -0.2) is 19.6 Å². The van der Waals surface area contributed by atoms with Gasteiger partial charge in [0.15, 0.2) is 5.96 Å². The standard InChI is InChI=1S/C16H17ClFN3O/c1-22-15-5-3-2-4-14(15)21-16(19)20-9-8-11-6-7-12(18)10-13(11)17/h2-7,10H,8-9H2,1H3,(H3,19,20,21). The van der Waals surface area contributed by atoms with Crippen LogP contribution in [0.1, 0.15) is 5.56 Å². The van der Waals surface area contributed by atoms with Crippen LogP contribution in [0.2, 0.25) is 5.02 Å². The number of halogens is 2. The minimum Gasteiger partial charge on any atom is -0.495 e. The second-order valence-corrected chi connectivity index (χ2v) is 4.99. The van der Waals surface area contributed by atoms with Gasteiger partial charge < -0.3 is 15.8 Å². The third-order valence-corrected chi connectivity index (χ3v) is 3.40. The quantitative estimate of drug-likeness (QED) is 0.655. The second kappa shape index (κ2) is 7.66. The van der Waals surface area contributed by atoms with E-state index in [0.29, 0.717) is 23.7 Å². The van der Waals surface area contributed by atoms with Gasteiger partial charge in [-0.3, -0.25) is 4.99 Å². The number of rotatable bonds is 5. The lowest BCUT2D eigenvalue weighted by molar-refractivity contribution is 0.417. The van der Waals surface area contributed by atoms with Crippen LogP contribution in [0.25, 0.3) is 0 Å². The Labute approximate surface area is 133 Å². The monoisotopic (exact) mass is 321 g/mol. The first kappa shape index (κ1) is 16.1. The Morgan fingerprint density at radius 1 is 1.32 bits per heavy atom. The molecule has 0 unspecified atom stereocenters. The predicted octanol–water partition coefficient (Wildman–Crippen LogP) is 3.46. The third kappa shape index (κ3) is 4.36. The van der Waals surface area contributed by atoms with Gasteiger partial charge in [0.2, 0.25) is 0 Å². The number of ether oxygens (including phenoxy) is 1. The third-order valence-electron chi connectivity index (χ3n) is 3.05. The van der Waals surface area contributed by atoms with Crippen molar-refractivity contribution in [2.45, 2.75) is 6.42 Å². The van der Waals surface area contributed by atoms with Crippen molar-refractivity contribution in [3.05, 3.63) is 58.9 Å². The summed E-state index contributed by atoms with van der Waals surface area (Å²) in [6.07, 6.45) is 0.577. The van der Waals surface area contributed by atoms with E-state index in [9.17, 15) is 4.39 Å². The molecule has 0 aliphatic heterocycles. The molecule has 4 nitrogen and oxygen atoms in total. The molecular formula is C16H17ClFN3O. The van der Waals surface area contributed by atoms with Crippen LogP contribution in [0.15, 0.2) is 47.5 Å². The molecule has 116 valence electrons. The Hall–Kier alpha value is -2.27. The molecule has 2 aromatic carbocycles. The molecule has 0 aliphatic rings. The Morgan fingerprint density at radius 3 is 2.82 bits per heavy atom. The van der Waals surface area contributed by atoms with E-state index in [-0.39, 0.29) is 11.8 Å². The van der Waals surface area contributed by atoms with Crippen LogP contribution in [0, 0.1) is 5.82 Å². The Morgan fingerprint density at radius 2 is 2.09 bits per heavy atom. The van der Waals surface area contributed by atoms with E-state index in [1.807, 2.05) is 24.3 Å². The zero-order valence-electron chi connectivity index (χ0n) is 12.1. The summed E-state index contributed by atoms with van der Waals surface area (Å²) in [6.45, 7) is 0.444. The number of nitrogens with zero attached hydrogens (tertiary/aromatic N) is 1. The SMILES string of the molecule is COc1ccccc1NC(N)=NCCc1ccc(F)cc1Cl. The maximum atomic E-state index is 13.0. The van der Waals surface area contributed by atoms with E-state index in [4.69, 9.17) is 22.1 Å². The number of guanidine groups is 1. The Kier molecular flexibility index (Phi) is 5.61. The van der Waals surface area contributed by atoms with Crippen LogP contribution in [0.4, 0.5) is 10.1 Å². The second-order valence-electron chi connectivity index (χ2n) is 4.58. The van der Waals surface area contributed by atoms with E-state index in [2.05, 4.69) is 10.3 Å². The molecule has 0 aromatic heterocycles. The average molecular weight is 322 g/mol. The fraction of sp³-hybridized carbons (Fsp3) is 0.188. The fourth-order valence-corrected chi connectivity index (χ4v) is 2.21. The lowest BCUT2D eigenvalue weighted by Crippen LogP contribution is -2.23. The maximum Gasteiger partial charge on any atom is 0.193 e. The number of aliphatic imine (C=N–C) groups is 1. The average Bonchev–Trinajstić information content (AvgIpc) is 2.50. The smallest absolute Gasteiger partial charge is 0.193 e. The minimum atomic E-state index is -0.352. The lowest BCUT2D eigenvalue weighted by atomic mass is 10.1. The van der Waals surface area contributed by atoms with Gasteiger partial charge in [0.05, 0.1) is 12.8 Å². The van der Waals surface area contributed by atoms with Gasteiger partial charge in [-0.1, -0.05) is 29.8 Å². The summed E-state index contributed by atoms with van der Waals surface area (Å²) in [5, 5.41) is 3.38. The summed E-state index contributed by atoms with van der Waals surface area (Å²) in [5.74, 6) is 0.611. The molecule has 0 fully saturated rings. The highest BCUT2D eigenvalue weighted by Gasteiger charge is 2.03. The van der Waals surface area contributed by atoms with Gasteiger partial charge in [-0.15, -0.1) is 0 Å². The Bertz CT molecular complexity index is 676. The van der Waals surface area contributed by atoms with E-state index in [0.717, 1.165) is 11.3 Å². The van der Waals surface area contributed by atoms with Gasteiger partial charge in [0, 0.05) is 11.6 Å². The van der Waals surface area contributed by atoms with Crippen LogP contribution >= 0.6 is 11.6 Å². The number of para-hydroxylation sites is 2. The highest BCUT2D eigenvalue weighted by atomic mass is 35.5. The van der Waals surface area contributed by atoms with E-state index in [1.54, 1.807) is 13.2 Å². The first-order valence-corrected chi connectivity index (χ1v) is 7.12. The number of hydrogen-bond donors (Lipinski definition) is 2. The van der Waals surface area contributed by atoms with Gasteiger partial charge in [-0.2, -0.15) is 0 Å². The van der Waals surface area contributed by atoms with Crippen molar-refractivity contribution >= 4 is 23.2 Å². The summed E-state index contributed by atoms with van der Waals surface area (Å²) in [7, 11) is 1.59. The molecule has 0 amide bonds. The number of benzene rings is 2. The molecule has 22 heavy (non-hydrogen) atoms. The van der Waals surface area contributed by atoms with Gasteiger partial charge in [-0.25, -0.2) is 4.39 Å². The number of hydrogen-bond acceptors (Lipinski definition) is 2. The van der Waals surface area contributed by atoms with Gasteiger partial charge in [0.25, 0.3) is 0 Å². The lowest BCUT2D eigenvalue weighted by Gasteiger charge is -2.10. The van der Waals surface area contributed by atoms with Crippen LogP contribution in [-0.2, 0) is 6.42 Å².